The summed E-state index contributed by atoms with van der Waals surface area (Å²) in [6.07, 6.45) is 1.56. The summed E-state index contributed by atoms with van der Waals surface area (Å²) in [5.74, 6) is 0.105. The van der Waals surface area contributed by atoms with Crippen LogP contribution < -0.4 is 10.6 Å². The molecule has 1 aromatic heterocycles. The van der Waals surface area contributed by atoms with Crippen molar-refractivity contribution in [3.05, 3.63) is 81.6 Å². The maximum atomic E-state index is 12.6. The van der Waals surface area contributed by atoms with Crippen molar-refractivity contribution in [2.45, 2.75) is 27.3 Å². The highest BCUT2D eigenvalue weighted by molar-refractivity contribution is 6.31. The molecule has 3 aromatic rings. The lowest BCUT2D eigenvalue weighted by atomic mass is 10.1. The van der Waals surface area contributed by atoms with Gasteiger partial charge in [0.05, 0.1) is 0 Å². The smallest absolute Gasteiger partial charge is 0.274 e. The average Bonchev–Trinajstić information content (AvgIpc) is 2.64. The van der Waals surface area contributed by atoms with E-state index in [1.165, 1.54) is 0 Å². The summed E-state index contributed by atoms with van der Waals surface area (Å²) in [6.45, 7) is 6.46. The third-order valence-corrected chi connectivity index (χ3v) is 4.57. The second-order valence-electron chi connectivity index (χ2n) is 6.44. The third kappa shape index (κ3) is 4.63. The Hall–Kier alpha value is -2.92. The molecule has 1 heterocycles. The largest absolute Gasteiger partial charge is 0.350 e. The summed E-state index contributed by atoms with van der Waals surface area (Å²) in [6, 6.07) is 13.2. The number of carbonyl (C=O) groups excluding carboxylic acids is 1. The predicted molar refractivity (Wildman–Crippen MR) is 109 cm³/mol. The van der Waals surface area contributed by atoms with Gasteiger partial charge in [-0.3, -0.25) is 4.79 Å². The zero-order valence-electron chi connectivity index (χ0n) is 15.5. The normalized spacial score (nSPS) is 10.5. The predicted octanol–water partition coefficient (Wildman–Crippen LogP) is 4.92. The van der Waals surface area contributed by atoms with Gasteiger partial charge < -0.3 is 10.6 Å². The molecule has 0 aliphatic rings. The first-order valence-corrected chi connectivity index (χ1v) is 9.01. The number of aryl methyl sites for hydroxylation is 3. The van der Waals surface area contributed by atoms with Gasteiger partial charge in [0.25, 0.3) is 5.91 Å². The second kappa shape index (κ2) is 8.18. The molecule has 0 radical (unpaired) electrons. The molecule has 0 bridgehead atoms. The highest BCUT2D eigenvalue weighted by Gasteiger charge is 2.12. The molecule has 0 atom stereocenters. The third-order valence-electron chi connectivity index (χ3n) is 4.20. The van der Waals surface area contributed by atoms with Gasteiger partial charge in [0.2, 0.25) is 5.95 Å². The maximum Gasteiger partial charge on any atom is 0.274 e. The monoisotopic (exact) mass is 380 g/mol. The number of nitrogens with zero attached hydrogens (tertiary/aromatic N) is 2. The Bertz CT molecular complexity index is 964. The number of halogens is 1. The molecule has 0 saturated carbocycles. The van der Waals surface area contributed by atoms with E-state index >= 15 is 0 Å². The van der Waals surface area contributed by atoms with E-state index in [1.54, 1.807) is 12.3 Å². The van der Waals surface area contributed by atoms with Gasteiger partial charge in [0, 0.05) is 23.5 Å². The number of amides is 1. The molecule has 0 spiro atoms. The first-order valence-electron chi connectivity index (χ1n) is 8.63. The molecule has 2 aromatic carbocycles. The first kappa shape index (κ1) is 18.9. The second-order valence-corrected chi connectivity index (χ2v) is 6.85. The van der Waals surface area contributed by atoms with Crippen molar-refractivity contribution in [1.82, 2.24) is 9.97 Å². The minimum Gasteiger partial charge on any atom is -0.350 e. The van der Waals surface area contributed by atoms with Crippen LogP contribution in [0.3, 0.4) is 0 Å². The van der Waals surface area contributed by atoms with Crippen molar-refractivity contribution in [2.75, 3.05) is 10.6 Å². The fourth-order valence-electron chi connectivity index (χ4n) is 2.94. The molecular formula is C21H21ClN4O. The van der Waals surface area contributed by atoms with Crippen LogP contribution in [0.1, 0.15) is 32.7 Å². The van der Waals surface area contributed by atoms with Crippen LogP contribution in [0.5, 0.6) is 0 Å². The molecule has 2 N–H and O–H groups in total. The van der Waals surface area contributed by atoms with Crippen LogP contribution in [-0.4, -0.2) is 15.9 Å². The summed E-state index contributed by atoms with van der Waals surface area (Å²) < 4.78 is 0. The molecule has 1 amide bonds. The Morgan fingerprint density at radius 1 is 1.07 bits per heavy atom. The van der Waals surface area contributed by atoms with E-state index < -0.39 is 0 Å². The summed E-state index contributed by atoms with van der Waals surface area (Å²) >= 11 is 6.16. The SMILES string of the molecule is Cc1cc(C)c(NC(=O)c2ccnc(NCc3ccccc3Cl)n2)c(C)c1. The standard InChI is InChI=1S/C21H21ClN4O/c1-13-10-14(2)19(15(3)11-13)26-20(27)18-8-9-23-21(25-18)24-12-16-6-4-5-7-17(16)22/h4-11H,12H2,1-3H3,(H,26,27)(H,23,24,25). The molecule has 0 saturated heterocycles. The highest BCUT2D eigenvalue weighted by atomic mass is 35.5. The van der Waals surface area contributed by atoms with E-state index in [2.05, 4.69) is 20.6 Å². The van der Waals surface area contributed by atoms with Crippen molar-refractivity contribution in [1.29, 1.82) is 0 Å². The van der Waals surface area contributed by atoms with Gasteiger partial charge in [-0.1, -0.05) is 47.5 Å². The molecular weight excluding hydrogens is 360 g/mol. The molecule has 3 rings (SSSR count). The Morgan fingerprint density at radius 2 is 1.78 bits per heavy atom. The molecule has 6 heteroatoms. The average molecular weight is 381 g/mol. The number of anilines is 2. The number of nitrogens with one attached hydrogen (secondary N) is 2. The van der Waals surface area contributed by atoms with Gasteiger partial charge in [-0.25, -0.2) is 9.97 Å². The molecule has 27 heavy (non-hydrogen) atoms. The van der Waals surface area contributed by atoms with Crippen molar-refractivity contribution < 1.29 is 4.79 Å². The zero-order chi connectivity index (χ0) is 19.4. The number of hydrogen-bond acceptors (Lipinski definition) is 4. The summed E-state index contributed by atoms with van der Waals surface area (Å²) in [5.41, 5.74) is 5.25. The van der Waals surface area contributed by atoms with E-state index in [0.717, 1.165) is 27.9 Å². The van der Waals surface area contributed by atoms with Crippen LogP contribution in [-0.2, 0) is 6.54 Å². The van der Waals surface area contributed by atoms with Crippen molar-refractivity contribution in [2.24, 2.45) is 0 Å². The first-order chi connectivity index (χ1) is 12.9. The van der Waals surface area contributed by atoms with Crippen LogP contribution in [0.4, 0.5) is 11.6 Å². The molecule has 0 aliphatic carbocycles. The van der Waals surface area contributed by atoms with Crippen LogP contribution in [0.25, 0.3) is 0 Å². The molecule has 0 unspecified atom stereocenters. The maximum absolute atomic E-state index is 12.6. The Labute approximate surface area is 163 Å². The summed E-state index contributed by atoms with van der Waals surface area (Å²) in [4.78, 5) is 21.1. The quantitative estimate of drug-likeness (QED) is 0.659. The fourth-order valence-corrected chi connectivity index (χ4v) is 3.14. The molecule has 138 valence electrons. The minimum atomic E-state index is -0.270. The summed E-state index contributed by atoms with van der Waals surface area (Å²) in [5, 5.41) is 6.73. The van der Waals surface area contributed by atoms with Crippen molar-refractivity contribution >= 4 is 29.1 Å². The van der Waals surface area contributed by atoms with Crippen LogP contribution in [0.15, 0.2) is 48.7 Å². The lowest BCUT2D eigenvalue weighted by molar-refractivity contribution is 0.102. The summed E-state index contributed by atoms with van der Waals surface area (Å²) in [7, 11) is 0. The Balaban J connectivity index is 1.73. The van der Waals surface area contributed by atoms with Gasteiger partial charge in [-0.2, -0.15) is 0 Å². The Kier molecular flexibility index (Phi) is 5.72. The van der Waals surface area contributed by atoms with Crippen LogP contribution in [0.2, 0.25) is 5.02 Å². The van der Waals surface area contributed by atoms with Crippen molar-refractivity contribution in [3.63, 3.8) is 0 Å². The van der Waals surface area contributed by atoms with E-state index in [-0.39, 0.29) is 5.91 Å². The number of rotatable bonds is 5. The van der Waals surface area contributed by atoms with E-state index in [0.29, 0.717) is 23.2 Å². The van der Waals surface area contributed by atoms with Gasteiger partial charge in [-0.05, 0) is 49.6 Å². The van der Waals surface area contributed by atoms with Gasteiger partial charge in [0.15, 0.2) is 0 Å². The molecule has 0 fully saturated rings. The van der Waals surface area contributed by atoms with Gasteiger partial charge in [-0.15, -0.1) is 0 Å². The van der Waals surface area contributed by atoms with Crippen LogP contribution in [0, 0.1) is 20.8 Å². The van der Waals surface area contributed by atoms with E-state index in [4.69, 9.17) is 11.6 Å². The van der Waals surface area contributed by atoms with Gasteiger partial charge >= 0.3 is 0 Å². The van der Waals surface area contributed by atoms with Gasteiger partial charge in [0.1, 0.15) is 5.69 Å². The van der Waals surface area contributed by atoms with E-state index in [1.807, 2.05) is 57.2 Å². The molecule has 0 aliphatic heterocycles. The topological polar surface area (TPSA) is 66.9 Å². The number of hydrogen-bond donors (Lipinski definition) is 2. The van der Waals surface area contributed by atoms with Crippen LogP contribution >= 0.6 is 11.6 Å². The lowest BCUT2D eigenvalue weighted by Crippen LogP contribution is -2.16. The number of carbonyl (C=O) groups is 1. The fraction of sp³-hybridized carbons (Fsp3) is 0.190. The minimum absolute atomic E-state index is 0.270. The molecule has 5 nitrogen and oxygen atoms in total. The van der Waals surface area contributed by atoms with E-state index in [9.17, 15) is 4.79 Å². The zero-order valence-corrected chi connectivity index (χ0v) is 16.3. The highest BCUT2D eigenvalue weighted by Crippen LogP contribution is 2.22. The Morgan fingerprint density at radius 3 is 2.48 bits per heavy atom. The van der Waals surface area contributed by atoms with Crippen molar-refractivity contribution in [3.8, 4) is 0 Å². The lowest BCUT2D eigenvalue weighted by Gasteiger charge is -2.13. The number of benzene rings is 2. The number of aromatic nitrogens is 2.